The highest BCUT2D eigenvalue weighted by molar-refractivity contribution is 6.01. The second kappa shape index (κ2) is 11.2. The highest BCUT2D eigenvalue weighted by atomic mass is 16.9. The van der Waals surface area contributed by atoms with Gasteiger partial charge in [0.2, 0.25) is 5.78 Å². The molecule has 0 aromatic carbocycles. The predicted molar refractivity (Wildman–Crippen MR) is 146 cm³/mol. The molecule has 0 bridgehead atoms. The number of hydrogen-bond acceptors (Lipinski definition) is 10. The van der Waals surface area contributed by atoms with E-state index in [0.717, 1.165) is 31.3 Å². The third kappa shape index (κ3) is 5.36. The lowest BCUT2D eigenvalue weighted by Gasteiger charge is -2.59. The SMILES string of the molecule is C[C@]12C=CC(=O)C=C1CC[C@@H]1[C@@H]2[C@@H](O)C[C@@]2(C)[C@H]1CC[C@]2(O)C(=O)COC(=O)CN1CCC(CCO[N+](=O)[O-])CC1. The first-order chi connectivity index (χ1) is 19.4. The van der Waals surface area contributed by atoms with Crippen molar-refractivity contribution >= 4 is 17.5 Å². The number of Topliss-reactive ketones (excluding diaryl/α,β-unsaturated/α-hetero) is 1. The Bertz CT molecular complexity index is 1140. The number of piperidine rings is 1. The number of aliphatic hydroxyl groups excluding tert-OH is 1. The van der Waals surface area contributed by atoms with Crippen LogP contribution in [0.25, 0.3) is 0 Å². The standard InChI is InChI=1S/C30H42N2O9/c1-28-10-5-21(33)15-20(28)3-4-22-23-6-11-30(37,29(23,2)16-24(34)27(22)28)25(35)18-40-26(36)17-31-12-7-19(8-13-31)9-14-41-32(38)39/h5,10,15,19,22-24,27,34,37H,3-4,6-9,11-14,16-18H2,1-2H3/t22-,23-,24-,27+,28-,29-,30-/m0/s1. The third-order valence-corrected chi connectivity index (χ3v) is 11.3. The minimum absolute atomic E-state index is 0.0220. The fourth-order valence-electron chi connectivity index (χ4n) is 9.01. The molecule has 0 spiro atoms. The van der Waals surface area contributed by atoms with Gasteiger partial charge in [-0.15, -0.1) is 10.1 Å². The van der Waals surface area contributed by atoms with Crippen LogP contribution < -0.4 is 0 Å². The van der Waals surface area contributed by atoms with Crippen LogP contribution in [0.15, 0.2) is 23.8 Å². The van der Waals surface area contributed by atoms with Crippen LogP contribution >= 0.6 is 0 Å². The number of fused-ring (bicyclic) bond motifs is 5. The molecule has 1 saturated heterocycles. The van der Waals surface area contributed by atoms with Gasteiger partial charge in [0, 0.05) is 16.7 Å². The van der Waals surface area contributed by atoms with Crippen molar-refractivity contribution < 1.29 is 39.3 Å². The summed E-state index contributed by atoms with van der Waals surface area (Å²) in [6.45, 7) is 4.88. The Morgan fingerprint density at radius 3 is 2.63 bits per heavy atom. The van der Waals surface area contributed by atoms with Gasteiger partial charge in [0.1, 0.15) is 5.60 Å². The van der Waals surface area contributed by atoms with E-state index >= 15 is 0 Å². The van der Waals surface area contributed by atoms with Crippen LogP contribution in [-0.2, 0) is 24.0 Å². The fraction of sp³-hybridized carbons (Fsp3) is 0.767. The molecule has 41 heavy (non-hydrogen) atoms. The summed E-state index contributed by atoms with van der Waals surface area (Å²) in [7, 11) is 0. The molecule has 11 nitrogen and oxygen atoms in total. The first kappa shape index (κ1) is 29.8. The number of carbonyl (C=O) groups excluding carboxylic acids is 3. The van der Waals surface area contributed by atoms with Gasteiger partial charge in [-0.2, -0.15) is 0 Å². The summed E-state index contributed by atoms with van der Waals surface area (Å²) in [5.41, 5.74) is -1.90. The van der Waals surface area contributed by atoms with E-state index in [-0.39, 0.29) is 49.5 Å². The number of ether oxygens (including phenoxy) is 1. The highest BCUT2D eigenvalue weighted by Crippen LogP contribution is 2.67. The van der Waals surface area contributed by atoms with E-state index < -0.39 is 46.0 Å². The topological polar surface area (TPSA) is 157 Å². The Balaban J connectivity index is 1.16. The van der Waals surface area contributed by atoms with Crippen LogP contribution in [0, 0.1) is 44.6 Å². The number of esters is 1. The number of allylic oxidation sites excluding steroid dienone is 4. The Morgan fingerprint density at radius 2 is 1.93 bits per heavy atom. The van der Waals surface area contributed by atoms with Crippen molar-refractivity contribution in [2.24, 2.45) is 34.5 Å². The van der Waals surface area contributed by atoms with Crippen molar-refractivity contribution in [1.82, 2.24) is 4.90 Å². The molecule has 0 aromatic rings. The molecule has 1 aliphatic heterocycles. The van der Waals surface area contributed by atoms with Crippen molar-refractivity contribution in [3.63, 3.8) is 0 Å². The summed E-state index contributed by atoms with van der Waals surface area (Å²) in [6.07, 6.45) is 9.39. The zero-order chi connectivity index (χ0) is 29.6. The van der Waals surface area contributed by atoms with E-state index in [1.54, 1.807) is 12.2 Å². The lowest BCUT2D eigenvalue weighted by molar-refractivity contribution is -0.758. The third-order valence-electron chi connectivity index (χ3n) is 11.3. The van der Waals surface area contributed by atoms with Crippen molar-refractivity contribution in [3.05, 3.63) is 33.9 Å². The molecule has 0 aromatic heterocycles. The molecule has 1 heterocycles. The number of rotatable bonds is 9. The monoisotopic (exact) mass is 574 g/mol. The van der Waals surface area contributed by atoms with Crippen molar-refractivity contribution in [2.75, 3.05) is 32.8 Å². The quantitative estimate of drug-likeness (QED) is 0.238. The first-order valence-corrected chi connectivity index (χ1v) is 14.9. The van der Waals surface area contributed by atoms with E-state index in [1.165, 1.54) is 0 Å². The molecule has 0 amide bonds. The van der Waals surface area contributed by atoms with E-state index in [4.69, 9.17) is 4.74 Å². The smallest absolute Gasteiger partial charge is 0.320 e. The fourth-order valence-corrected chi connectivity index (χ4v) is 9.01. The number of aliphatic hydroxyl groups is 2. The van der Waals surface area contributed by atoms with Gasteiger partial charge in [-0.3, -0.25) is 19.3 Å². The van der Waals surface area contributed by atoms with Gasteiger partial charge in [0.05, 0.1) is 19.3 Å². The van der Waals surface area contributed by atoms with Gasteiger partial charge in [0.15, 0.2) is 12.4 Å². The van der Waals surface area contributed by atoms with Crippen LogP contribution in [0.4, 0.5) is 0 Å². The van der Waals surface area contributed by atoms with Crippen LogP contribution in [0.1, 0.15) is 65.2 Å². The maximum absolute atomic E-state index is 13.5. The van der Waals surface area contributed by atoms with Crippen LogP contribution in [0.2, 0.25) is 0 Å². The van der Waals surface area contributed by atoms with Crippen molar-refractivity contribution in [3.8, 4) is 0 Å². The second-order valence-electron chi connectivity index (χ2n) is 13.3. The van der Waals surface area contributed by atoms with Crippen LogP contribution in [0.5, 0.6) is 0 Å². The summed E-state index contributed by atoms with van der Waals surface area (Å²) in [6, 6.07) is 0. The van der Waals surface area contributed by atoms with E-state index in [9.17, 15) is 34.7 Å². The maximum atomic E-state index is 13.5. The van der Waals surface area contributed by atoms with Crippen molar-refractivity contribution in [1.29, 1.82) is 0 Å². The Hall–Kier alpha value is -2.63. The molecule has 11 heteroatoms. The van der Waals surface area contributed by atoms with E-state index in [1.807, 2.05) is 17.9 Å². The molecule has 2 N–H and O–H groups in total. The predicted octanol–water partition coefficient (Wildman–Crippen LogP) is 2.42. The second-order valence-corrected chi connectivity index (χ2v) is 13.3. The minimum Gasteiger partial charge on any atom is -0.457 e. The van der Waals surface area contributed by atoms with Crippen LogP contribution in [0.3, 0.4) is 0 Å². The Kier molecular flexibility index (Phi) is 8.17. The molecule has 5 aliphatic rings. The molecule has 3 saturated carbocycles. The lowest BCUT2D eigenvalue weighted by Crippen LogP contribution is -2.61. The highest BCUT2D eigenvalue weighted by Gasteiger charge is 2.68. The average molecular weight is 575 g/mol. The number of hydrogen-bond donors (Lipinski definition) is 2. The van der Waals surface area contributed by atoms with Gasteiger partial charge in [-0.05, 0) is 94.4 Å². The largest absolute Gasteiger partial charge is 0.457 e. The van der Waals surface area contributed by atoms with Gasteiger partial charge < -0.3 is 19.8 Å². The van der Waals surface area contributed by atoms with Crippen molar-refractivity contribution in [2.45, 2.75) is 76.9 Å². The Labute approximate surface area is 240 Å². The molecular weight excluding hydrogens is 532 g/mol. The molecule has 226 valence electrons. The molecular formula is C30H42N2O9. The molecule has 0 radical (unpaired) electrons. The van der Waals surface area contributed by atoms with Gasteiger partial charge in [-0.25, -0.2) is 0 Å². The van der Waals surface area contributed by atoms with E-state index in [0.29, 0.717) is 31.8 Å². The zero-order valence-electron chi connectivity index (χ0n) is 24.0. The average Bonchev–Trinajstić information content (AvgIpc) is 3.19. The minimum atomic E-state index is -1.69. The molecule has 0 unspecified atom stereocenters. The Morgan fingerprint density at radius 1 is 1.20 bits per heavy atom. The van der Waals surface area contributed by atoms with Gasteiger partial charge in [0.25, 0.3) is 5.09 Å². The summed E-state index contributed by atoms with van der Waals surface area (Å²) in [5, 5.41) is 32.9. The van der Waals surface area contributed by atoms with Gasteiger partial charge in [-0.1, -0.05) is 25.5 Å². The zero-order valence-corrected chi connectivity index (χ0v) is 24.0. The van der Waals surface area contributed by atoms with Crippen LogP contribution in [-0.4, -0.2) is 82.3 Å². The molecule has 7 atom stereocenters. The first-order valence-electron chi connectivity index (χ1n) is 14.9. The summed E-state index contributed by atoms with van der Waals surface area (Å²) in [5.74, 6) is -0.735. The number of carbonyl (C=O) groups is 3. The number of ketones is 2. The summed E-state index contributed by atoms with van der Waals surface area (Å²) >= 11 is 0. The molecule has 4 fully saturated rings. The van der Waals surface area contributed by atoms with E-state index in [2.05, 4.69) is 11.8 Å². The molecule has 4 aliphatic carbocycles. The van der Waals surface area contributed by atoms with Gasteiger partial charge >= 0.3 is 5.97 Å². The lowest BCUT2D eigenvalue weighted by atomic mass is 9.46. The summed E-state index contributed by atoms with van der Waals surface area (Å²) < 4.78 is 5.36. The molecule has 5 rings (SSSR count). The maximum Gasteiger partial charge on any atom is 0.320 e. The number of nitrogens with zero attached hydrogens (tertiary/aromatic N) is 2. The normalized spacial score (nSPS) is 38.8. The number of likely N-dealkylation sites (tertiary alicyclic amines) is 1. The summed E-state index contributed by atoms with van der Waals surface area (Å²) in [4.78, 5) is 54.7.